The molecule has 0 aliphatic rings. The standard InChI is InChI=1S/C10H14N2O4/c1-3-4-5-11-10(13)9-7(2)6-8(16-9)12(14)15/h6H,3-5H2,1-2H3,(H,11,13). The molecule has 0 saturated heterocycles. The van der Waals surface area contributed by atoms with Crippen LogP contribution in [0, 0.1) is 17.0 Å². The number of carbonyl (C=O) groups is 1. The molecule has 0 spiro atoms. The predicted molar refractivity (Wildman–Crippen MR) is 57.3 cm³/mol. The van der Waals surface area contributed by atoms with Crippen molar-refractivity contribution >= 4 is 11.8 Å². The van der Waals surface area contributed by atoms with Crippen LogP contribution < -0.4 is 5.32 Å². The minimum atomic E-state index is -0.657. The molecule has 1 heterocycles. The third-order valence-electron chi connectivity index (χ3n) is 2.11. The molecule has 0 aliphatic heterocycles. The lowest BCUT2D eigenvalue weighted by molar-refractivity contribution is -0.402. The normalized spacial score (nSPS) is 10.1. The zero-order valence-corrected chi connectivity index (χ0v) is 9.28. The van der Waals surface area contributed by atoms with Crippen LogP contribution in [0.5, 0.6) is 0 Å². The number of hydrogen-bond donors (Lipinski definition) is 1. The molecule has 6 heteroatoms. The average Bonchev–Trinajstić information content (AvgIpc) is 2.61. The summed E-state index contributed by atoms with van der Waals surface area (Å²) in [5.74, 6) is -0.792. The first-order valence-corrected chi connectivity index (χ1v) is 5.09. The van der Waals surface area contributed by atoms with Gasteiger partial charge in [0.25, 0.3) is 5.91 Å². The van der Waals surface area contributed by atoms with Crippen LogP contribution in [-0.4, -0.2) is 17.4 Å². The van der Waals surface area contributed by atoms with E-state index >= 15 is 0 Å². The summed E-state index contributed by atoms with van der Waals surface area (Å²) in [6, 6.07) is 1.24. The second-order valence-electron chi connectivity index (χ2n) is 3.46. The third-order valence-corrected chi connectivity index (χ3v) is 2.11. The Kier molecular flexibility index (Phi) is 4.04. The Morgan fingerprint density at radius 1 is 1.62 bits per heavy atom. The molecule has 1 aromatic heterocycles. The van der Waals surface area contributed by atoms with Gasteiger partial charge in [0.1, 0.15) is 4.92 Å². The van der Waals surface area contributed by atoms with Crippen LogP contribution in [0.1, 0.15) is 35.9 Å². The molecule has 1 amide bonds. The lowest BCUT2D eigenvalue weighted by Crippen LogP contribution is -2.24. The Morgan fingerprint density at radius 3 is 2.81 bits per heavy atom. The van der Waals surface area contributed by atoms with E-state index in [1.165, 1.54) is 6.07 Å². The first-order valence-electron chi connectivity index (χ1n) is 5.09. The van der Waals surface area contributed by atoms with Gasteiger partial charge in [-0.3, -0.25) is 14.9 Å². The second-order valence-corrected chi connectivity index (χ2v) is 3.46. The number of nitro groups is 1. The number of carbonyl (C=O) groups excluding carboxylic acids is 1. The summed E-state index contributed by atoms with van der Waals surface area (Å²) in [5, 5.41) is 13.1. The van der Waals surface area contributed by atoms with E-state index in [2.05, 4.69) is 5.32 Å². The van der Waals surface area contributed by atoms with Gasteiger partial charge in [-0.05, 0) is 13.3 Å². The molecule has 0 aliphatic carbocycles. The van der Waals surface area contributed by atoms with E-state index in [9.17, 15) is 14.9 Å². The zero-order valence-electron chi connectivity index (χ0n) is 9.28. The summed E-state index contributed by atoms with van der Waals surface area (Å²) in [4.78, 5) is 21.3. The lowest BCUT2D eigenvalue weighted by atomic mass is 10.2. The summed E-state index contributed by atoms with van der Waals surface area (Å²) in [5.41, 5.74) is 0.473. The highest BCUT2D eigenvalue weighted by Gasteiger charge is 2.20. The van der Waals surface area contributed by atoms with Gasteiger partial charge in [0, 0.05) is 12.1 Å². The first kappa shape index (κ1) is 12.2. The van der Waals surface area contributed by atoms with E-state index in [0.717, 1.165) is 12.8 Å². The van der Waals surface area contributed by atoms with Gasteiger partial charge in [0.2, 0.25) is 5.76 Å². The Hall–Kier alpha value is -1.85. The molecule has 0 radical (unpaired) electrons. The minimum Gasteiger partial charge on any atom is -0.395 e. The maximum Gasteiger partial charge on any atom is 0.433 e. The van der Waals surface area contributed by atoms with Crippen molar-refractivity contribution in [2.24, 2.45) is 0 Å². The SMILES string of the molecule is CCCCNC(=O)c1oc([N+](=O)[O-])cc1C. The van der Waals surface area contributed by atoms with Crippen LogP contribution in [0.3, 0.4) is 0 Å². The number of aryl methyl sites for hydroxylation is 1. The molecule has 0 unspecified atom stereocenters. The Balaban J connectivity index is 2.71. The topological polar surface area (TPSA) is 85.4 Å². The van der Waals surface area contributed by atoms with Gasteiger partial charge < -0.3 is 9.73 Å². The summed E-state index contributed by atoms with van der Waals surface area (Å²) in [6.45, 7) is 4.16. The maximum atomic E-state index is 11.5. The Morgan fingerprint density at radius 2 is 2.31 bits per heavy atom. The second kappa shape index (κ2) is 5.29. The molecule has 6 nitrogen and oxygen atoms in total. The highest BCUT2D eigenvalue weighted by molar-refractivity contribution is 5.93. The molecule has 1 aromatic rings. The van der Waals surface area contributed by atoms with Crippen molar-refractivity contribution in [1.29, 1.82) is 0 Å². The molecule has 0 atom stereocenters. The molecule has 1 rings (SSSR count). The lowest BCUT2D eigenvalue weighted by Gasteiger charge is -2.01. The number of amides is 1. The van der Waals surface area contributed by atoms with Crippen molar-refractivity contribution in [3.05, 3.63) is 27.5 Å². The largest absolute Gasteiger partial charge is 0.433 e. The van der Waals surface area contributed by atoms with Crippen LogP contribution in [0.4, 0.5) is 5.88 Å². The number of nitrogens with one attached hydrogen (secondary N) is 1. The van der Waals surface area contributed by atoms with E-state index in [0.29, 0.717) is 12.1 Å². The van der Waals surface area contributed by atoms with Crippen LogP contribution in [0.15, 0.2) is 10.5 Å². The van der Waals surface area contributed by atoms with Crippen molar-refractivity contribution in [2.45, 2.75) is 26.7 Å². The monoisotopic (exact) mass is 226 g/mol. The fourth-order valence-corrected chi connectivity index (χ4v) is 1.24. The maximum absolute atomic E-state index is 11.5. The Bertz CT molecular complexity index is 398. The first-order chi connectivity index (χ1) is 7.56. The molecule has 16 heavy (non-hydrogen) atoms. The number of furan rings is 1. The number of nitrogens with zero attached hydrogens (tertiary/aromatic N) is 1. The minimum absolute atomic E-state index is 0.0165. The Labute approximate surface area is 92.8 Å². The summed E-state index contributed by atoms with van der Waals surface area (Å²) < 4.78 is 4.86. The van der Waals surface area contributed by atoms with E-state index in [4.69, 9.17) is 4.42 Å². The number of unbranched alkanes of at least 4 members (excludes halogenated alkanes) is 1. The third kappa shape index (κ3) is 2.82. The quantitative estimate of drug-likeness (QED) is 0.473. The van der Waals surface area contributed by atoms with Gasteiger partial charge in [-0.15, -0.1) is 0 Å². The van der Waals surface area contributed by atoms with Crippen molar-refractivity contribution in [3.8, 4) is 0 Å². The van der Waals surface area contributed by atoms with Crippen molar-refractivity contribution in [3.63, 3.8) is 0 Å². The van der Waals surface area contributed by atoms with Crippen molar-refractivity contribution in [1.82, 2.24) is 5.32 Å². The molecular weight excluding hydrogens is 212 g/mol. The molecule has 0 aromatic carbocycles. The average molecular weight is 226 g/mol. The van der Waals surface area contributed by atoms with Gasteiger partial charge in [0.05, 0.1) is 6.07 Å². The molecular formula is C10H14N2O4. The number of rotatable bonds is 5. The summed E-state index contributed by atoms with van der Waals surface area (Å²) >= 11 is 0. The predicted octanol–water partition coefficient (Wildman–Crippen LogP) is 2.03. The smallest absolute Gasteiger partial charge is 0.395 e. The van der Waals surface area contributed by atoms with Gasteiger partial charge in [-0.1, -0.05) is 13.3 Å². The van der Waals surface area contributed by atoms with Crippen LogP contribution >= 0.6 is 0 Å². The van der Waals surface area contributed by atoms with Crippen LogP contribution in [-0.2, 0) is 0 Å². The zero-order chi connectivity index (χ0) is 12.1. The van der Waals surface area contributed by atoms with Gasteiger partial charge in [-0.25, -0.2) is 0 Å². The molecule has 88 valence electrons. The van der Waals surface area contributed by atoms with Gasteiger partial charge in [-0.2, -0.15) is 0 Å². The van der Waals surface area contributed by atoms with Crippen LogP contribution in [0.2, 0.25) is 0 Å². The van der Waals surface area contributed by atoms with E-state index in [-0.39, 0.29) is 5.76 Å². The van der Waals surface area contributed by atoms with Gasteiger partial charge in [0.15, 0.2) is 0 Å². The molecule has 1 N–H and O–H groups in total. The van der Waals surface area contributed by atoms with Crippen LogP contribution in [0.25, 0.3) is 0 Å². The fraction of sp³-hybridized carbons (Fsp3) is 0.500. The molecule has 0 bridgehead atoms. The fourth-order valence-electron chi connectivity index (χ4n) is 1.24. The highest BCUT2D eigenvalue weighted by Crippen LogP contribution is 2.20. The highest BCUT2D eigenvalue weighted by atomic mass is 16.6. The van der Waals surface area contributed by atoms with E-state index < -0.39 is 16.7 Å². The van der Waals surface area contributed by atoms with E-state index in [1.54, 1.807) is 6.92 Å². The summed E-state index contributed by atoms with van der Waals surface area (Å²) in [6.07, 6.45) is 1.84. The van der Waals surface area contributed by atoms with Crippen molar-refractivity contribution < 1.29 is 14.1 Å². The number of hydrogen-bond acceptors (Lipinski definition) is 4. The van der Waals surface area contributed by atoms with Gasteiger partial charge >= 0.3 is 5.88 Å². The van der Waals surface area contributed by atoms with Crippen molar-refractivity contribution in [2.75, 3.05) is 6.54 Å². The molecule has 0 fully saturated rings. The summed E-state index contributed by atoms with van der Waals surface area (Å²) in [7, 11) is 0. The van der Waals surface area contributed by atoms with E-state index in [1.807, 2.05) is 6.92 Å². The molecule has 0 saturated carbocycles.